The second-order valence-corrected chi connectivity index (χ2v) is 6.15. The number of carbonyl (C=O) groups excluding carboxylic acids is 1. The van der Waals surface area contributed by atoms with Crippen LogP contribution in [0.3, 0.4) is 0 Å². The average Bonchev–Trinajstić information content (AvgIpc) is 2.81. The molecule has 108 valence electrons. The van der Waals surface area contributed by atoms with Gasteiger partial charge in [-0.25, -0.2) is 0 Å². The van der Waals surface area contributed by atoms with Gasteiger partial charge in [-0.3, -0.25) is 4.79 Å². The monoisotopic (exact) mass is 345 g/mol. The van der Waals surface area contributed by atoms with E-state index in [2.05, 4.69) is 28.9 Å². The molecule has 21 heavy (non-hydrogen) atoms. The molecule has 0 unspecified atom stereocenters. The van der Waals surface area contributed by atoms with E-state index in [0.29, 0.717) is 5.56 Å². The lowest BCUT2D eigenvalue weighted by molar-refractivity contribution is 0.0981. The van der Waals surface area contributed by atoms with Gasteiger partial charge in [0.2, 0.25) is 0 Å². The van der Waals surface area contributed by atoms with Gasteiger partial charge in [-0.1, -0.05) is 15.9 Å². The van der Waals surface area contributed by atoms with Crippen LogP contribution in [0.15, 0.2) is 46.9 Å². The fourth-order valence-corrected chi connectivity index (χ4v) is 3.19. The average molecular weight is 346 g/mol. The van der Waals surface area contributed by atoms with Gasteiger partial charge in [0.05, 0.1) is 7.11 Å². The Hall–Kier alpha value is -1.81. The molecule has 0 saturated heterocycles. The van der Waals surface area contributed by atoms with Crippen molar-refractivity contribution in [3.8, 4) is 5.75 Å². The van der Waals surface area contributed by atoms with Gasteiger partial charge in [-0.05, 0) is 61.4 Å². The molecule has 3 rings (SSSR count). The minimum absolute atomic E-state index is 0.0335. The van der Waals surface area contributed by atoms with Crippen molar-refractivity contribution in [3.05, 3.63) is 58.1 Å². The maximum Gasteiger partial charge on any atom is 0.258 e. The number of ether oxygens (including phenoxy) is 1. The van der Waals surface area contributed by atoms with Crippen LogP contribution in [0.4, 0.5) is 5.69 Å². The molecule has 0 radical (unpaired) electrons. The van der Waals surface area contributed by atoms with Crippen LogP contribution in [0, 0.1) is 0 Å². The summed E-state index contributed by atoms with van der Waals surface area (Å²) in [5.41, 5.74) is 2.89. The zero-order chi connectivity index (χ0) is 15.0. The number of hydrogen-bond acceptors (Lipinski definition) is 2. The summed E-state index contributed by atoms with van der Waals surface area (Å²) in [5.74, 6) is 0.788. The zero-order valence-electron chi connectivity index (χ0n) is 12.0. The number of anilines is 1. The minimum atomic E-state index is 0.0335. The van der Waals surface area contributed by atoms with Crippen LogP contribution in [-0.4, -0.2) is 19.1 Å². The van der Waals surface area contributed by atoms with E-state index >= 15 is 0 Å². The van der Waals surface area contributed by atoms with Crippen LogP contribution >= 0.6 is 15.9 Å². The molecular weight excluding hydrogens is 330 g/mol. The smallest absolute Gasteiger partial charge is 0.258 e. The highest BCUT2D eigenvalue weighted by molar-refractivity contribution is 9.10. The fourth-order valence-electron chi connectivity index (χ4n) is 2.78. The first-order chi connectivity index (χ1) is 10.1. The Bertz CT molecular complexity index is 682. The zero-order valence-corrected chi connectivity index (χ0v) is 13.6. The first-order valence-electron chi connectivity index (χ1n) is 6.86. The summed E-state index contributed by atoms with van der Waals surface area (Å²) in [6, 6.07) is 13.5. The van der Waals surface area contributed by atoms with Gasteiger partial charge in [-0.2, -0.15) is 0 Å². The van der Waals surface area contributed by atoms with Crippen molar-refractivity contribution in [2.45, 2.75) is 19.4 Å². The molecule has 1 aliphatic rings. The lowest BCUT2D eigenvalue weighted by atomic mass is 10.1. The second kappa shape index (κ2) is 5.53. The highest BCUT2D eigenvalue weighted by atomic mass is 79.9. The third-order valence-electron chi connectivity index (χ3n) is 3.81. The number of methoxy groups -OCH3 is 1. The lowest BCUT2D eigenvalue weighted by Crippen LogP contribution is -2.35. The number of amides is 1. The van der Waals surface area contributed by atoms with E-state index in [4.69, 9.17) is 4.74 Å². The molecule has 0 N–H and O–H groups in total. The number of fused-ring (bicyclic) bond motifs is 1. The van der Waals surface area contributed by atoms with Crippen molar-refractivity contribution >= 4 is 27.5 Å². The molecule has 0 fully saturated rings. The molecule has 1 heterocycles. The fraction of sp³-hybridized carbons (Fsp3) is 0.235. The van der Waals surface area contributed by atoms with Gasteiger partial charge in [-0.15, -0.1) is 0 Å². The van der Waals surface area contributed by atoms with Gasteiger partial charge in [0, 0.05) is 21.8 Å². The number of benzene rings is 2. The summed E-state index contributed by atoms with van der Waals surface area (Å²) in [5, 5.41) is 0. The second-order valence-electron chi connectivity index (χ2n) is 5.23. The van der Waals surface area contributed by atoms with Crippen LogP contribution in [0.5, 0.6) is 5.75 Å². The molecular formula is C17H16BrNO2. The van der Waals surface area contributed by atoms with Gasteiger partial charge in [0.25, 0.3) is 5.91 Å². The molecule has 1 atom stereocenters. The largest absolute Gasteiger partial charge is 0.497 e. The van der Waals surface area contributed by atoms with E-state index in [-0.39, 0.29) is 11.9 Å². The maximum absolute atomic E-state index is 12.8. The number of nitrogens with zero attached hydrogens (tertiary/aromatic N) is 1. The van der Waals surface area contributed by atoms with Crippen molar-refractivity contribution in [1.82, 2.24) is 0 Å². The van der Waals surface area contributed by atoms with E-state index in [1.54, 1.807) is 7.11 Å². The molecule has 1 amide bonds. The summed E-state index contributed by atoms with van der Waals surface area (Å²) in [6.45, 7) is 2.08. The van der Waals surface area contributed by atoms with Gasteiger partial charge in [0.1, 0.15) is 5.75 Å². The molecule has 3 nitrogen and oxygen atoms in total. The molecule has 4 heteroatoms. The van der Waals surface area contributed by atoms with Gasteiger partial charge >= 0.3 is 0 Å². The Labute approximate surface area is 132 Å². The Balaban J connectivity index is 1.94. The summed E-state index contributed by atoms with van der Waals surface area (Å²) in [4.78, 5) is 14.7. The van der Waals surface area contributed by atoms with Crippen LogP contribution in [0.2, 0.25) is 0 Å². The Morgan fingerprint density at radius 3 is 2.62 bits per heavy atom. The molecule has 0 aliphatic carbocycles. The van der Waals surface area contributed by atoms with Gasteiger partial charge < -0.3 is 9.64 Å². The van der Waals surface area contributed by atoms with E-state index < -0.39 is 0 Å². The molecule has 0 spiro atoms. The highest BCUT2D eigenvalue weighted by Gasteiger charge is 2.31. The number of halogens is 1. The summed E-state index contributed by atoms with van der Waals surface area (Å²) in [7, 11) is 1.62. The quantitative estimate of drug-likeness (QED) is 0.821. The molecule has 2 aromatic carbocycles. The Morgan fingerprint density at radius 1 is 1.24 bits per heavy atom. The Morgan fingerprint density at radius 2 is 1.95 bits per heavy atom. The van der Waals surface area contributed by atoms with Crippen LogP contribution < -0.4 is 9.64 Å². The van der Waals surface area contributed by atoms with E-state index in [1.807, 2.05) is 41.3 Å². The summed E-state index contributed by atoms with van der Waals surface area (Å²) in [6.07, 6.45) is 0.886. The predicted molar refractivity (Wildman–Crippen MR) is 87.1 cm³/mol. The van der Waals surface area contributed by atoms with Crippen molar-refractivity contribution in [1.29, 1.82) is 0 Å². The summed E-state index contributed by atoms with van der Waals surface area (Å²) < 4.78 is 6.18. The van der Waals surface area contributed by atoms with E-state index in [9.17, 15) is 4.79 Å². The SMILES string of the molecule is COc1ccc(C(=O)N2c3ccc(Br)cc3C[C@H]2C)cc1. The van der Waals surface area contributed by atoms with Crippen LogP contribution in [-0.2, 0) is 6.42 Å². The topological polar surface area (TPSA) is 29.5 Å². The van der Waals surface area contributed by atoms with Crippen molar-refractivity contribution in [3.63, 3.8) is 0 Å². The molecule has 1 aliphatic heterocycles. The third kappa shape index (κ3) is 2.56. The number of rotatable bonds is 2. The number of carbonyl (C=O) groups is 1. The van der Waals surface area contributed by atoms with Gasteiger partial charge in [0.15, 0.2) is 0 Å². The minimum Gasteiger partial charge on any atom is -0.497 e. The standard InChI is InChI=1S/C17H16BrNO2/c1-11-9-13-10-14(18)5-8-16(13)19(11)17(20)12-3-6-15(21-2)7-4-12/h3-8,10-11H,9H2,1-2H3/t11-/m1/s1. The molecule has 0 bridgehead atoms. The normalized spacial score (nSPS) is 16.7. The first-order valence-corrected chi connectivity index (χ1v) is 7.65. The van der Waals surface area contributed by atoms with Crippen molar-refractivity contribution in [2.24, 2.45) is 0 Å². The van der Waals surface area contributed by atoms with Crippen LogP contribution in [0.25, 0.3) is 0 Å². The summed E-state index contributed by atoms with van der Waals surface area (Å²) >= 11 is 3.49. The third-order valence-corrected chi connectivity index (χ3v) is 4.31. The van der Waals surface area contributed by atoms with Crippen molar-refractivity contribution in [2.75, 3.05) is 12.0 Å². The molecule has 0 aromatic heterocycles. The maximum atomic E-state index is 12.8. The first kappa shape index (κ1) is 14.1. The molecule has 2 aromatic rings. The lowest BCUT2D eigenvalue weighted by Gasteiger charge is -2.23. The number of hydrogen-bond donors (Lipinski definition) is 0. The predicted octanol–water partition coefficient (Wildman–Crippen LogP) is 4.05. The van der Waals surface area contributed by atoms with E-state index in [0.717, 1.165) is 22.3 Å². The van der Waals surface area contributed by atoms with Crippen molar-refractivity contribution < 1.29 is 9.53 Å². The Kier molecular flexibility index (Phi) is 3.72. The highest BCUT2D eigenvalue weighted by Crippen LogP contribution is 2.35. The van der Waals surface area contributed by atoms with E-state index in [1.165, 1.54) is 5.56 Å². The molecule has 0 saturated carbocycles. The van der Waals surface area contributed by atoms with Crippen LogP contribution in [0.1, 0.15) is 22.8 Å².